The number of fused-ring (bicyclic) bond motifs is 2. The molecule has 1 N–H and O–H groups in total. The molecule has 0 spiro atoms. The molecule has 0 amide bonds. The molecule has 1 saturated carbocycles. The average Bonchev–Trinajstić information content (AvgIpc) is 3.75. The number of allylic oxidation sites excluding steroid dienone is 2. The van der Waals surface area contributed by atoms with E-state index in [1.807, 2.05) is 25.1 Å². The van der Waals surface area contributed by atoms with Crippen LogP contribution in [0.4, 0.5) is 26.3 Å². The number of alkyl halides is 6. The van der Waals surface area contributed by atoms with Crippen LogP contribution >= 0.6 is 11.3 Å². The van der Waals surface area contributed by atoms with E-state index < -0.39 is 29.1 Å². The largest absolute Gasteiger partial charge is 0.512 e. The molecule has 309 valence electrons. The molecule has 57 heavy (non-hydrogen) atoms. The third-order valence-electron chi connectivity index (χ3n) is 10.9. The van der Waals surface area contributed by atoms with Crippen molar-refractivity contribution >= 4 is 38.0 Å². The number of carbonyl (C=O) groups excluding carboxylic acids is 1. The van der Waals surface area contributed by atoms with Crippen molar-refractivity contribution in [2.45, 2.75) is 119 Å². The van der Waals surface area contributed by atoms with Crippen molar-refractivity contribution in [2.75, 3.05) is 0 Å². The number of halogens is 6. The summed E-state index contributed by atoms with van der Waals surface area (Å²) < 4.78 is 81.0. The van der Waals surface area contributed by atoms with E-state index in [-0.39, 0.29) is 42.6 Å². The minimum atomic E-state index is -4.61. The summed E-state index contributed by atoms with van der Waals surface area (Å²) in [4.78, 5) is 16.7. The van der Waals surface area contributed by atoms with Gasteiger partial charge in [-0.15, -0.1) is 40.5 Å². The number of thiophene rings is 1. The molecular formula is C46H50F6IrNO2S-. The summed E-state index contributed by atoms with van der Waals surface area (Å²) in [6, 6.07) is 18.2. The molecule has 6 rings (SSSR count). The molecule has 5 aromatic rings. The monoisotopic (exact) mass is 987 g/mol. The van der Waals surface area contributed by atoms with E-state index in [0.717, 1.165) is 63.5 Å². The van der Waals surface area contributed by atoms with E-state index in [0.29, 0.717) is 28.0 Å². The first-order valence-corrected chi connectivity index (χ1v) is 19.7. The van der Waals surface area contributed by atoms with E-state index in [9.17, 15) is 36.2 Å². The number of rotatable bonds is 6. The summed E-state index contributed by atoms with van der Waals surface area (Å²) in [5.41, 5.74) is 4.42. The maximum atomic E-state index is 14.4. The van der Waals surface area contributed by atoms with Gasteiger partial charge in [-0.05, 0) is 86.6 Å². The fraction of sp³-hybridized carbons (Fsp3) is 0.435. The van der Waals surface area contributed by atoms with Gasteiger partial charge in [-0.3, -0.25) is 9.78 Å². The zero-order chi connectivity index (χ0) is 41.7. The van der Waals surface area contributed by atoms with Crippen LogP contribution in [0.3, 0.4) is 0 Å². The van der Waals surface area contributed by atoms with E-state index >= 15 is 0 Å². The summed E-state index contributed by atoms with van der Waals surface area (Å²) in [7, 11) is 0. The quantitative estimate of drug-likeness (QED) is 0.0798. The summed E-state index contributed by atoms with van der Waals surface area (Å²) >= 11 is 1.43. The van der Waals surface area contributed by atoms with Gasteiger partial charge in [-0.2, -0.15) is 26.3 Å². The normalized spacial score (nSPS) is 14.6. The van der Waals surface area contributed by atoms with Gasteiger partial charge in [-0.25, -0.2) is 0 Å². The van der Waals surface area contributed by atoms with Gasteiger partial charge in [0.15, 0.2) is 5.78 Å². The summed E-state index contributed by atoms with van der Waals surface area (Å²) in [6.45, 7) is 17.2. The Kier molecular flexibility index (Phi) is 13.8. The standard InChI is InChI=1S/C36H35F3NS.C10H15F3O2.Ir/c1-20-15-25(23-11-7-8-12-23)16-21(2)30(20)33-22(3)31-29(36(37,38)39)19-40-32(34(31)41-33)26-17-24-13-9-10-14-27(24)28(18-26)35(4,5)6;1-6(2)7(14)5-8(15)9(3,4)10(11,12)13;/h9-10,13-16,18-19,23H,7-8,11-12H2,1-6H3;5-6,14H,1-4H3;/q-1;;/b;7-5-;. The van der Waals surface area contributed by atoms with Crippen molar-refractivity contribution in [2.24, 2.45) is 11.3 Å². The molecule has 2 aromatic heterocycles. The maximum absolute atomic E-state index is 14.4. The molecule has 11 heteroatoms. The molecule has 1 fully saturated rings. The van der Waals surface area contributed by atoms with Crippen LogP contribution in [-0.2, 0) is 36.5 Å². The number of benzene rings is 3. The average molecular weight is 987 g/mol. The van der Waals surface area contributed by atoms with E-state index in [1.165, 1.54) is 42.6 Å². The van der Waals surface area contributed by atoms with Gasteiger partial charge in [0.05, 0.1) is 11.3 Å². The summed E-state index contributed by atoms with van der Waals surface area (Å²) in [5.74, 6) is -1.26. The Morgan fingerprint density at radius 1 is 0.912 bits per heavy atom. The van der Waals surface area contributed by atoms with E-state index in [1.54, 1.807) is 13.8 Å². The smallest absolute Gasteiger partial charge is 0.418 e. The second kappa shape index (κ2) is 17.0. The fourth-order valence-corrected chi connectivity index (χ4v) is 8.86. The predicted molar refractivity (Wildman–Crippen MR) is 216 cm³/mol. The van der Waals surface area contributed by atoms with Crippen molar-refractivity contribution in [3.63, 3.8) is 0 Å². The molecule has 0 unspecified atom stereocenters. The number of carbonyl (C=O) groups is 1. The molecule has 0 saturated heterocycles. The molecule has 1 aliphatic carbocycles. The van der Waals surface area contributed by atoms with E-state index in [4.69, 9.17) is 0 Å². The molecule has 0 aliphatic heterocycles. The number of hydrogen-bond donors (Lipinski definition) is 1. The summed E-state index contributed by atoms with van der Waals surface area (Å²) in [5, 5.41) is 11.5. The Labute approximate surface area is 349 Å². The zero-order valence-corrected chi connectivity index (χ0v) is 37.2. The molecule has 3 nitrogen and oxygen atoms in total. The number of aliphatic hydroxyl groups is 1. The molecule has 1 radical (unpaired) electrons. The number of pyridine rings is 1. The van der Waals surface area contributed by atoms with Crippen LogP contribution < -0.4 is 0 Å². The maximum Gasteiger partial charge on any atom is 0.418 e. The van der Waals surface area contributed by atoms with Crippen LogP contribution in [0.1, 0.15) is 113 Å². The number of aliphatic hydroxyl groups excluding tert-OH is 1. The molecule has 1 aliphatic rings. The first-order valence-electron chi connectivity index (χ1n) is 18.9. The van der Waals surface area contributed by atoms with Crippen LogP contribution in [0, 0.1) is 38.2 Å². The van der Waals surface area contributed by atoms with Crippen molar-refractivity contribution in [3.8, 4) is 21.7 Å². The Morgan fingerprint density at radius 2 is 1.49 bits per heavy atom. The molecular weight excluding hydrogens is 937 g/mol. The van der Waals surface area contributed by atoms with Gasteiger partial charge in [0.2, 0.25) is 0 Å². The van der Waals surface area contributed by atoms with Gasteiger partial charge >= 0.3 is 12.4 Å². The van der Waals surface area contributed by atoms with E-state index in [2.05, 4.69) is 69.9 Å². The zero-order valence-electron chi connectivity index (χ0n) is 34.0. The van der Waals surface area contributed by atoms with Crippen LogP contribution in [-0.4, -0.2) is 22.1 Å². The number of hydrogen-bond acceptors (Lipinski definition) is 4. The Balaban J connectivity index is 0.000000385. The van der Waals surface area contributed by atoms with Crippen molar-refractivity contribution in [3.05, 3.63) is 99.9 Å². The fourth-order valence-electron chi connectivity index (χ4n) is 7.35. The second-order valence-electron chi connectivity index (χ2n) is 16.9. The number of ketones is 1. The molecule has 2 heterocycles. The first-order chi connectivity index (χ1) is 25.8. The minimum Gasteiger partial charge on any atom is -0.512 e. The van der Waals surface area contributed by atoms with Crippen LogP contribution in [0.5, 0.6) is 0 Å². The third-order valence-corrected chi connectivity index (χ3v) is 12.2. The molecule has 3 aromatic carbocycles. The number of nitrogens with zero attached hydrogens (tertiary/aromatic N) is 1. The van der Waals surface area contributed by atoms with Crippen molar-refractivity contribution in [1.29, 1.82) is 0 Å². The van der Waals surface area contributed by atoms with Gasteiger partial charge < -0.3 is 5.11 Å². The minimum absolute atomic E-state index is 0. The van der Waals surface area contributed by atoms with Crippen LogP contribution in [0.15, 0.2) is 60.5 Å². The molecule has 0 atom stereocenters. The first kappa shape index (κ1) is 46.2. The van der Waals surface area contributed by atoms with Crippen molar-refractivity contribution < 1.29 is 56.3 Å². The Morgan fingerprint density at radius 3 is 2.02 bits per heavy atom. The topological polar surface area (TPSA) is 50.2 Å². The van der Waals surface area contributed by atoms with Gasteiger partial charge in [0, 0.05) is 59.0 Å². The predicted octanol–water partition coefficient (Wildman–Crippen LogP) is 14.7. The second-order valence-corrected chi connectivity index (χ2v) is 17.9. The molecule has 0 bridgehead atoms. The third kappa shape index (κ3) is 9.52. The number of aryl methyl sites for hydroxylation is 3. The number of aromatic nitrogens is 1. The van der Waals surface area contributed by atoms with Gasteiger partial charge in [0.25, 0.3) is 0 Å². The van der Waals surface area contributed by atoms with Crippen molar-refractivity contribution in [1.82, 2.24) is 4.98 Å². The van der Waals surface area contributed by atoms with Gasteiger partial charge in [-0.1, -0.05) is 88.7 Å². The SMILES string of the molecule is CC(C)/C(O)=C/C(=O)C(C)(C)C(F)(F)F.Cc1cc(C2CCCC2)cc(C)c1-c1sc2c(-c3[c-]c4ccccc4c(C(C)(C)C)c3)ncc(C(F)(F)F)c2c1C.[Ir]. The Bertz CT molecular complexity index is 2280. The Hall–Kier alpha value is -3.53. The van der Waals surface area contributed by atoms with Gasteiger partial charge in [0.1, 0.15) is 5.41 Å². The van der Waals surface area contributed by atoms with Crippen LogP contribution in [0.25, 0.3) is 42.6 Å². The van der Waals surface area contributed by atoms with Crippen LogP contribution in [0.2, 0.25) is 0 Å². The summed E-state index contributed by atoms with van der Waals surface area (Å²) in [6.07, 6.45) is -2.50.